The van der Waals surface area contributed by atoms with Crippen molar-refractivity contribution in [2.45, 2.75) is 72.0 Å². The van der Waals surface area contributed by atoms with Crippen LogP contribution in [0.2, 0.25) is 19.6 Å². The number of fused-ring (bicyclic) bond motifs is 1. The lowest BCUT2D eigenvalue weighted by atomic mass is 9.79. The predicted molar refractivity (Wildman–Crippen MR) is 271 cm³/mol. The van der Waals surface area contributed by atoms with Gasteiger partial charge in [-0.3, -0.25) is 14.5 Å². The van der Waals surface area contributed by atoms with Crippen LogP contribution < -0.4 is 5.19 Å². The van der Waals surface area contributed by atoms with Crippen molar-refractivity contribution in [2.24, 2.45) is 0 Å². The highest BCUT2D eigenvalue weighted by molar-refractivity contribution is 6.89. The zero-order valence-corrected chi connectivity index (χ0v) is 39.4. The lowest BCUT2D eigenvalue weighted by Crippen LogP contribution is -2.39. The fourth-order valence-electron chi connectivity index (χ4n) is 8.77. The summed E-state index contributed by atoms with van der Waals surface area (Å²) in [4.78, 5) is 15.8. The Morgan fingerprint density at radius 3 is 1.70 bits per heavy atom. The van der Waals surface area contributed by atoms with E-state index in [2.05, 4.69) is 218 Å². The van der Waals surface area contributed by atoms with Crippen molar-refractivity contribution >= 4 is 24.3 Å². The lowest BCUT2D eigenvalue weighted by molar-refractivity contribution is 0.446. The number of pyridine rings is 2. The fraction of sp³-hybridized carbons (Fsp3) is 0.190. The van der Waals surface area contributed by atoms with Crippen molar-refractivity contribution in [1.82, 2.24) is 19.5 Å². The highest BCUT2D eigenvalue weighted by Crippen LogP contribution is 2.45. The summed E-state index contributed by atoms with van der Waals surface area (Å²) in [7, 11) is -1.76. The molecule has 9 aromatic rings. The molecule has 3 aromatic heterocycles. The molecule has 64 heavy (non-hydrogen) atoms. The Morgan fingerprint density at radius 1 is 0.500 bits per heavy atom. The van der Waals surface area contributed by atoms with Crippen molar-refractivity contribution in [1.29, 1.82) is 0 Å². The zero-order valence-electron chi connectivity index (χ0n) is 38.4. The summed E-state index contributed by atoms with van der Waals surface area (Å²) in [6.07, 6.45) is 5.96. The van der Waals surface area contributed by atoms with Crippen molar-refractivity contribution in [3.05, 3.63) is 181 Å². The summed E-state index contributed by atoms with van der Waals surface area (Å²) in [5.41, 5.74) is 15.2. The number of nitrogens with zero attached hydrogens (tertiary/aromatic N) is 4. The minimum absolute atomic E-state index is 0.191. The van der Waals surface area contributed by atoms with Gasteiger partial charge in [-0.25, -0.2) is 4.98 Å². The monoisotopic (exact) mass is 852 g/mol. The second kappa shape index (κ2) is 16.3. The number of aromatic hydroxyl groups is 1. The molecule has 0 bridgehead atoms. The molecule has 0 saturated heterocycles. The first-order valence-electron chi connectivity index (χ1n) is 22.2. The van der Waals surface area contributed by atoms with E-state index in [1.807, 2.05) is 18.5 Å². The highest BCUT2D eigenvalue weighted by atomic mass is 28.3. The molecule has 0 fully saturated rings. The van der Waals surface area contributed by atoms with E-state index in [1.54, 1.807) is 0 Å². The van der Waals surface area contributed by atoms with Crippen LogP contribution in [0.5, 0.6) is 5.75 Å². The van der Waals surface area contributed by atoms with Crippen LogP contribution >= 0.6 is 0 Å². The van der Waals surface area contributed by atoms with Crippen LogP contribution in [0, 0.1) is 0 Å². The lowest BCUT2D eigenvalue weighted by Gasteiger charge is -2.27. The molecule has 0 aliphatic rings. The van der Waals surface area contributed by atoms with Gasteiger partial charge >= 0.3 is 0 Å². The van der Waals surface area contributed by atoms with Crippen LogP contribution in [0.3, 0.4) is 0 Å². The maximum Gasteiger partial charge on any atom is 0.149 e. The van der Waals surface area contributed by atoms with Crippen molar-refractivity contribution in [3.8, 4) is 78.6 Å². The molecule has 0 aliphatic heterocycles. The van der Waals surface area contributed by atoms with E-state index in [0.29, 0.717) is 11.4 Å². The van der Waals surface area contributed by atoms with Gasteiger partial charge in [-0.05, 0) is 91.4 Å². The first-order valence-corrected chi connectivity index (χ1v) is 25.7. The van der Waals surface area contributed by atoms with E-state index in [4.69, 9.17) is 15.0 Å². The molecule has 9 rings (SSSR count). The maximum absolute atomic E-state index is 12.5. The third kappa shape index (κ3) is 8.10. The smallest absolute Gasteiger partial charge is 0.149 e. The second-order valence-electron chi connectivity index (χ2n) is 20.0. The number of hydrogen-bond donors (Lipinski definition) is 1. The Morgan fingerprint density at radius 2 is 1.08 bits per heavy atom. The molecule has 0 spiro atoms. The van der Waals surface area contributed by atoms with E-state index in [1.165, 1.54) is 16.3 Å². The van der Waals surface area contributed by atoms with E-state index in [9.17, 15) is 5.11 Å². The van der Waals surface area contributed by atoms with Crippen LogP contribution in [0.15, 0.2) is 170 Å². The van der Waals surface area contributed by atoms with Gasteiger partial charge in [-0.1, -0.05) is 176 Å². The Labute approximate surface area is 379 Å². The van der Waals surface area contributed by atoms with Gasteiger partial charge in [-0.15, -0.1) is 0 Å². The number of phenolic OH excluding ortho intramolecular Hbond substituents is 1. The molecule has 318 valence electrons. The minimum Gasteiger partial charge on any atom is -0.507 e. The number of aromatic nitrogens is 4. The quantitative estimate of drug-likeness (QED) is 0.155. The zero-order chi connectivity index (χ0) is 45.0. The summed E-state index contributed by atoms with van der Waals surface area (Å²) >= 11 is 0. The number of imidazole rings is 1. The average molecular weight is 853 g/mol. The standard InChI is InChI=1S/C58H56N4OSi/c1-57(2,3)44-32-47(55(63)49(33-44)58(4,5)6)56-61-54-48(35-59-36-52(54)62(56)51-28-20-19-27-45(51)39-23-15-11-16-24-39)42-29-41(38-21-13-10-14-22-38)30-43(31-42)50-34-46(40-25-17-12-18-26-40)53(37-60-50)64(7,8)9/h10-37,63H,1-9H3. The van der Waals surface area contributed by atoms with Gasteiger partial charge in [0.2, 0.25) is 0 Å². The number of benzene rings is 6. The van der Waals surface area contributed by atoms with Gasteiger partial charge < -0.3 is 5.11 Å². The molecular weight excluding hydrogens is 797 g/mol. The predicted octanol–water partition coefficient (Wildman–Crippen LogP) is 14.7. The maximum atomic E-state index is 12.5. The van der Waals surface area contributed by atoms with Gasteiger partial charge in [0.15, 0.2) is 0 Å². The first kappa shape index (κ1) is 42.4. The molecule has 6 heteroatoms. The molecule has 5 nitrogen and oxygen atoms in total. The topological polar surface area (TPSA) is 63.8 Å². The second-order valence-corrected chi connectivity index (χ2v) is 25.1. The molecule has 3 heterocycles. The van der Waals surface area contributed by atoms with E-state index in [-0.39, 0.29) is 16.6 Å². The van der Waals surface area contributed by atoms with Gasteiger partial charge in [0.05, 0.1) is 36.7 Å². The largest absolute Gasteiger partial charge is 0.507 e. The molecule has 6 aromatic carbocycles. The Balaban J connectivity index is 1.35. The third-order valence-electron chi connectivity index (χ3n) is 12.3. The summed E-state index contributed by atoms with van der Waals surface area (Å²) in [6.45, 7) is 20.3. The Kier molecular flexibility index (Phi) is 10.8. The van der Waals surface area contributed by atoms with Gasteiger partial charge in [0.1, 0.15) is 17.1 Å². The number of hydrogen-bond acceptors (Lipinski definition) is 4. The Bertz CT molecular complexity index is 3150. The molecule has 0 atom stereocenters. The third-order valence-corrected chi connectivity index (χ3v) is 14.3. The SMILES string of the molecule is CC(C)(C)c1cc(-c2nc3c(-c4cc(-c5ccccc5)cc(-c5cc(-c6ccccc6)c([Si](C)(C)C)cn5)c4)cncc3n2-c2ccccc2-c2ccccc2)c(O)c(C(C)(C)C)c1. The highest BCUT2D eigenvalue weighted by Gasteiger charge is 2.30. The fourth-order valence-corrected chi connectivity index (χ4v) is 10.2. The molecule has 1 N–H and O–H groups in total. The molecule has 0 radical (unpaired) electrons. The van der Waals surface area contributed by atoms with Crippen LogP contribution in [-0.2, 0) is 10.8 Å². The van der Waals surface area contributed by atoms with Crippen LogP contribution in [0.4, 0.5) is 0 Å². The van der Waals surface area contributed by atoms with Crippen LogP contribution in [0.25, 0.3) is 83.9 Å². The molecule has 0 unspecified atom stereocenters. The Hall–Kier alpha value is -6.89. The van der Waals surface area contributed by atoms with Crippen molar-refractivity contribution in [2.75, 3.05) is 0 Å². The normalized spacial score (nSPS) is 12.2. The van der Waals surface area contributed by atoms with Crippen molar-refractivity contribution < 1.29 is 5.11 Å². The van der Waals surface area contributed by atoms with Gasteiger partial charge in [-0.2, -0.15) is 0 Å². The summed E-state index contributed by atoms with van der Waals surface area (Å²) in [5.74, 6) is 0.886. The van der Waals surface area contributed by atoms with Crippen molar-refractivity contribution in [3.63, 3.8) is 0 Å². The van der Waals surface area contributed by atoms with E-state index < -0.39 is 8.07 Å². The minimum atomic E-state index is -1.76. The van der Waals surface area contributed by atoms with Crippen LogP contribution in [0.1, 0.15) is 52.7 Å². The molecule has 0 saturated carbocycles. The number of phenols is 1. The van der Waals surface area contributed by atoms with Gasteiger partial charge in [0, 0.05) is 34.6 Å². The summed E-state index contributed by atoms with van der Waals surface area (Å²) in [6, 6.07) is 53.4. The van der Waals surface area contributed by atoms with Gasteiger partial charge in [0.25, 0.3) is 0 Å². The van der Waals surface area contributed by atoms with E-state index >= 15 is 0 Å². The first-order chi connectivity index (χ1) is 30.6. The number of para-hydroxylation sites is 1. The average Bonchev–Trinajstić information content (AvgIpc) is 3.68. The van der Waals surface area contributed by atoms with E-state index in [0.717, 1.165) is 72.5 Å². The molecule has 0 aliphatic carbocycles. The summed E-state index contributed by atoms with van der Waals surface area (Å²) < 4.78 is 2.20. The summed E-state index contributed by atoms with van der Waals surface area (Å²) in [5, 5.41) is 13.8. The molecular formula is C58H56N4OSi. The number of rotatable bonds is 8. The molecule has 0 amide bonds. The van der Waals surface area contributed by atoms with Crippen LogP contribution in [-0.4, -0.2) is 32.7 Å².